The summed E-state index contributed by atoms with van der Waals surface area (Å²) in [4.78, 5) is 57.7. The van der Waals surface area contributed by atoms with Crippen LogP contribution in [-0.4, -0.2) is 42.0 Å². The summed E-state index contributed by atoms with van der Waals surface area (Å²) < 4.78 is 5.08. The average Bonchev–Trinajstić information content (AvgIpc) is 3.39. The number of anilines is 2. The highest BCUT2D eigenvalue weighted by atomic mass is 16.5. The maximum atomic E-state index is 13.8. The van der Waals surface area contributed by atoms with Crippen molar-refractivity contribution in [3.63, 3.8) is 0 Å². The molecule has 0 fully saturated rings. The van der Waals surface area contributed by atoms with E-state index in [1.54, 1.807) is 62.3 Å². The number of hydrogen-bond acceptors (Lipinski definition) is 6. The van der Waals surface area contributed by atoms with Gasteiger partial charge in [-0.15, -0.1) is 0 Å². The molecule has 2 aromatic carbocycles. The van der Waals surface area contributed by atoms with Gasteiger partial charge in [0, 0.05) is 36.9 Å². The molecule has 10 nitrogen and oxygen atoms in total. The van der Waals surface area contributed by atoms with Gasteiger partial charge in [0.05, 0.1) is 19.1 Å². The molecule has 2 heterocycles. The van der Waals surface area contributed by atoms with Crippen molar-refractivity contribution in [3.05, 3.63) is 89.7 Å². The van der Waals surface area contributed by atoms with E-state index in [4.69, 9.17) is 4.74 Å². The van der Waals surface area contributed by atoms with E-state index in [9.17, 15) is 19.2 Å². The summed E-state index contributed by atoms with van der Waals surface area (Å²) in [6, 6.07) is 17.4. The van der Waals surface area contributed by atoms with Gasteiger partial charge in [-0.2, -0.15) is 0 Å². The molecule has 4 amide bonds. The Hall–Kier alpha value is -4.73. The number of amides is 4. The lowest BCUT2D eigenvalue weighted by Crippen LogP contribution is -2.50. The number of benzene rings is 2. The molecule has 0 saturated carbocycles. The van der Waals surface area contributed by atoms with E-state index >= 15 is 0 Å². The molecule has 10 heteroatoms. The lowest BCUT2D eigenvalue weighted by molar-refractivity contribution is -0.144. The molecule has 1 atom stereocenters. The highest BCUT2D eigenvalue weighted by Gasteiger charge is 2.42. The van der Waals surface area contributed by atoms with Crippen molar-refractivity contribution in [2.75, 3.05) is 23.4 Å². The minimum absolute atomic E-state index is 0.0938. The second kappa shape index (κ2) is 13.1. The topological polar surface area (TPSA) is 130 Å². The maximum absolute atomic E-state index is 13.8. The predicted octanol–water partition coefficient (Wildman–Crippen LogP) is 4.13. The number of fused-ring (bicyclic) bond motifs is 1. The number of esters is 1. The molecule has 1 aromatic heterocycles. The van der Waals surface area contributed by atoms with E-state index in [1.807, 2.05) is 36.4 Å². The molecule has 0 bridgehead atoms. The van der Waals surface area contributed by atoms with Crippen LogP contribution < -0.4 is 20.9 Å². The first-order valence-electron chi connectivity index (χ1n) is 13.6. The zero-order valence-corrected chi connectivity index (χ0v) is 23.5. The molecular formula is C31H35N5O5. The van der Waals surface area contributed by atoms with Crippen LogP contribution in [0.25, 0.3) is 0 Å². The molecule has 0 radical (unpaired) electrons. The standard InChI is InChI=1S/C31H35N5O5/c1-4-41-27(37)18-25(23-11-8-15-32-20-23)35-28(38)31(2,3)29(39)36-16-14-22-12-13-24(17-26(22)36)34-30(40)33-19-21-9-6-5-7-10-21/h5-13,15,17,20,25H,4,14,16,18-19H2,1-3H3,(H,35,38)(H2,33,34,40). The molecule has 0 spiro atoms. The smallest absolute Gasteiger partial charge is 0.319 e. The van der Waals surface area contributed by atoms with Crippen molar-refractivity contribution in [3.8, 4) is 0 Å². The highest BCUT2D eigenvalue weighted by Crippen LogP contribution is 2.35. The number of aromatic nitrogens is 1. The molecule has 0 saturated heterocycles. The van der Waals surface area contributed by atoms with Crippen molar-refractivity contribution in [1.29, 1.82) is 0 Å². The lowest BCUT2D eigenvalue weighted by Gasteiger charge is -2.30. The fraction of sp³-hybridized carbons (Fsp3) is 0.323. The summed E-state index contributed by atoms with van der Waals surface area (Å²) in [5.74, 6) is -1.38. The van der Waals surface area contributed by atoms with Crippen molar-refractivity contribution in [2.45, 2.75) is 46.2 Å². The summed E-state index contributed by atoms with van der Waals surface area (Å²) in [6.45, 7) is 5.84. The Bertz CT molecular complexity index is 1390. The number of rotatable bonds is 10. The van der Waals surface area contributed by atoms with Crippen LogP contribution >= 0.6 is 0 Å². The Morgan fingerprint density at radius 2 is 1.83 bits per heavy atom. The number of nitrogens with one attached hydrogen (secondary N) is 3. The summed E-state index contributed by atoms with van der Waals surface area (Å²) in [5.41, 5.74) is 2.27. The Kier molecular flexibility index (Phi) is 9.34. The van der Waals surface area contributed by atoms with Crippen molar-refractivity contribution in [2.24, 2.45) is 5.41 Å². The van der Waals surface area contributed by atoms with Crippen LogP contribution in [0, 0.1) is 5.41 Å². The van der Waals surface area contributed by atoms with E-state index in [0.717, 1.165) is 11.1 Å². The summed E-state index contributed by atoms with van der Waals surface area (Å²) in [6.07, 6.45) is 3.70. The summed E-state index contributed by atoms with van der Waals surface area (Å²) in [7, 11) is 0. The molecule has 3 aromatic rings. The number of urea groups is 1. The van der Waals surface area contributed by atoms with Crippen LogP contribution in [0.5, 0.6) is 0 Å². The molecule has 1 aliphatic rings. The number of carbonyl (C=O) groups excluding carboxylic acids is 4. The van der Waals surface area contributed by atoms with Gasteiger partial charge in [-0.25, -0.2) is 4.79 Å². The van der Waals surface area contributed by atoms with Crippen molar-refractivity contribution >= 4 is 35.2 Å². The lowest BCUT2D eigenvalue weighted by atomic mass is 9.89. The number of pyridine rings is 1. The summed E-state index contributed by atoms with van der Waals surface area (Å²) >= 11 is 0. The zero-order chi connectivity index (χ0) is 29.4. The Balaban J connectivity index is 1.45. The van der Waals surface area contributed by atoms with E-state index < -0.39 is 23.3 Å². The second-order valence-electron chi connectivity index (χ2n) is 10.3. The molecule has 41 heavy (non-hydrogen) atoms. The first-order chi connectivity index (χ1) is 19.7. The molecule has 214 valence electrons. The number of carbonyl (C=O) groups is 4. The van der Waals surface area contributed by atoms with Gasteiger partial charge < -0.3 is 25.6 Å². The molecule has 1 unspecified atom stereocenters. The molecular weight excluding hydrogens is 522 g/mol. The van der Waals surface area contributed by atoms with Crippen LogP contribution in [0.4, 0.5) is 16.2 Å². The van der Waals surface area contributed by atoms with Crippen LogP contribution in [0.2, 0.25) is 0 Å². The fourth-order valence-electron chi connectivity index (χ4n) is 4.62. The van der Waals surface area contributed by atoms with Crippen molar-refractivity contribution in [1.82, 2.24) is 15.6 Å². The van der Waals surface area contributed by atoms with Crippen LogP contribution in [0.3, 0.4) is 0 Å². The van der Waals surface area contributed by atoms with Crippen LogP contribution in [0.1, 0.15) is 49.9 Å². The normalized spacial score (nSPS) is 13.1. The third-order valence-corrected chi connectivity index (χ3v) is 6.95. The molecule has 4 rings (SSSR count). The average molecular weight is 558 g/mol. The van der Waals surface area contributed by atoms with Gasteiger partial charge in [0.2, 0.25) is 11.8 Å². The third-order valence-electron chi connectivity index (χ3n) is 6.95. The zero-order valence-electron chi connectivity index (χ0n) is 23.5. The molecule has 1 aliphatic heterocycles. The van der Waals surface area contributed by atoms with Gasteiger partial charge in [0.1, 0.15) is 5.41 Å². The first kappa shape index (κ1) is 29.3. The van der Waals surface area contributed by atoms with Crippen LogP contribution in [0.15, 0.2) is 73.1 Å². The van der Waals surface area contributed by atoms with Gasteiger partial charge in [-0.1, -0.05) is 42.5 Å². The second-order valence-corrected chi connectivity index (χ2v) is 10.3. The Morgan fingerprint density at radius 1 is 1.05 bits per heavy atom. The Labute approximate surface area is 239 Å². The maximum Gasteiger partial charge on any atom is 0.319 e. The van der Waals surface area contributed by atoms with E-state index in [0.29, 0.717) is 36.4 Å². The largest absolute Gasteiger partial charge is 0.466 e. The van der Waals surface area contributed by atoms with E-state index in [-0.39, 0.29) is 25.0 Å². The van der Waals surface area contributed by atoms with Crippen LogP contribution in [-0.2, 0) is 32.1 Å². The van der Waals surface area contributed by atoms with Gasteiger partial charge >= 0.3 is 12.0 Å². The fourth-order valence-corrected chi connectivity index (χ4v) is 4.62. The SMILES string of the molecule is CCOC(=O)CC(NC(=O)C(C)(C)C(=O)N1CCc2ccc(NC(=O)NCc3ccccc3)cc21)c1cccnc1. The monoisotopic (exact) mass is 557 g/mol. The predicted molar refractivity (Wildman–Crippen MR) is 155 cm³/mol. The quantitative estimate of drug-likeness (QED) is 0.254. The first-order valence-corrected chi connectivity index (χ1v) is 13.6. The number of nitrogens with zero attached hydrogens (tertiary/aromatic N) is 2. The summed E-state index contributed by atoms with van der Waals surface area (Å²) in [5, 5.41) is 8.50. The minimum Gasteiger partial charge on any atom is -0.466 e. The highest BCUT2D eigenvalue weighted by molar-refractivity contribution is 6.12. The van der Waals surface area contributed by atoms with Gasteiger partial charge in [0.25, 0.3) is 0 Å². The third kappa shape index (κ3) is 7.27. The van der Waals surface area contributed by atoms with Gasteiger partial charge in [0.15, 0.2) is 0 Å². The van der Waals surface area contributed by atoms with Gasteiger partial charge in [-0.3, -0.25) is 19.4 Å². The molecule has 0 aliphatic carbocycles. The van der Waals surface area contributed by atoms with E-state index in [2.05, 4.69) is 20.9 Å². The Morgan fingerprint density at radius 3 is 2.54 bits per heavy atom. The molecule has 3 N–H and O–H groups in total. The minimum atomic E-state index is -1.45. The number of hydrogen-bond donors (Lipinski definition) is 3. The number of ether oxygens (including phenoxy) is 1. The van der Waals surface area contributed by atoms with Gasteiger partial charge in [-0.05, 0) is 62.1 Å². The van der Waals surface area contributed by atoms with Crippen molar-refractivity contribution < 1.29 is 23.9 Å². The van der Waals surface area contributed by atoms with E-state index in [1.165, 1.54) is 0 Å².